The third-order valence-electron chi connectivity index (χ3n) is 10.6. The number of amides is 3. The first-order chi connectivity index (χ1) is 24.3. The van der Waals surface area contributed by atoms with E-state index in [0.717, 1.165) is 70.3 Å². The average Bonchev–Trinajstić information content (AvgIpc) is 3.62. The zero-order valence-corrected chi connectivity index (χ0v) is 29.5. The highest BCUT2D eigenvalue weighted by Crippen LogP contribution is 2.42. The van der Waals surface area contributed by atoms with Gasteiger partial charge in [-0.2, -0.15) is 18.3 Å². The fraction of sp³-hybridized carbons (Fsp3) is 0.538. The van der Waals surface area contributed by atoms with E-state index in [-0.39, 0.29) is 40.6 Å². The van der Waals surface area contributed by atoms with Crippen LogP contribution in [-0.2, 0) is 9.59 Å². The van der Waals surface area contributed by atoms with Crippen LogP contribution in [0, 0.1) is 23.6 Å². The van der Waals surface area contributed by atoms with Crippen molar-refractivity contribution in [1.29, 1.82) is 0 Å². The summed E-state index contributed by atoms with van der Waals surface area (Å²) in [5, 5.41) is 12.1. The summed E-state index contributed by atoms with van der Waals surface area (Å²) in [5.41, 5.74) is 0.207. The summed E-state index contributed by atoms with van der Waals surface area (Å²) < 4.78 is 59.0. The van der Waals surface area contributed by atoms with Crippen LogP contribution < -0.4 is 16.0 Å². The monoisotopic (exact) mass is 711 g/mol. The minimum Gasteiger partial charge on any atom is -0.340 e. The summed E-state index contributed by atoms with van der Waals surface area (Å²) in [6.07, 6.45) is 7.06. The molecule has 5 rings (SSSR count). The number of hydrogen-bond acceptors (Lipinski definition) is 4. The molecule has 2 aromatic carbocycles. The van der Waals surface area contributed by atoms with Crippen molar-refractivity contribution < 1.29 is 31.9 Å². The van der Waals surface area contributed by atoms with Crippen LogP contribution in [0.1, 0.15) is 125 Å². The molecule has 2 aliphatic carbocycles. The summed E-state index contributed by atoms with van der Waals surface area (Å²) in [6, 6.07) is 9.19. The van der Waals surface area contributed by atoms with Crippen molar-refractivity contribution in [3.63, 3.8) is 0 Å². The van der Waals surface area contributed by atoms with E-state index in [1.165, 1.54) is 43.3 Å². The minimum atomic E-state index is -4.75. The molecule has 1 heterocycles. The molecule has 8 nitrogen and oxygen atoms in total. The number of rotatable bonds is 12. The summed E-state index contributed by atoms with van der Waals surface area (Å²) in [4.78, 5) is 41.1. The molecule has 0 aliphatic heterocycles. The molecular formula is C39H49F4N5O3. The normalized spacial score (nSPS) is 17.9. The van der Waals surface area contributed by atoms with Gasteiger partial charge in [-0.05, 0) is 67.9 Å². The molecule has 2 fully saturated rings. The van der Waals surface area contributed by atoms with Crippen molar-refractivity contribution in [2.24, 2.45) is 17.8 Å². The zero-order chi connectivity index (χ0) is 36.7. The van der Waals surface area contributed by atoms with Crippen molar-refractivity contribution in [1.82, 2.24) is 20.4 Å². The first kappa shape index (κ1) is 38.0. The Kier molecular flexibility index (Phi) is 12.6. The van der Waals surface area contributed by atoms with Crippen LogP contribution >= 0.6 is 0 Å². The summed E-state index contributed by atoms with van der Waals surface area (Å²) in [5.74, 6) is -3.57. The maximum absolute atomic E-state index is 15.7. The molecular weight excluding hydrogens is 662 g/mol. The summed E-state index contributed by atoms with van der Waals surface area (Å²) in [6.45, 7) is 5.22. The van der Waals surface area contributed by atoms with Crippen LogP contribution in [0.15, 0.2) is 60.8 Å². The Morgan fingerprint density at radius 3 is 1.94 bits per heavy atom. The molecule has 3 N–H and O–H groups in total. The number of halogens is 4. The Morgan fingerprint density at radius 1 is 0.784 bits per heavy atom. The number of aromatic nitrogens is 2. The van der Waals surface area contributed by atoms with Gasteiger partial charge in [0.15, 0.2) is 6.04 Å². The second-order valence-corrected chi connectivity index (χ2v) is 14.4. The van der Waals surface area contributed by atoms with Gasteiger partial charge in [0.1, 0.15) is 17.6 Å². The van der Waals surface area contributed by atoms with Crippen LogP contribution in [0.3, 0.4) is 0 Å². The van der Waals surface area contributed by atoms with Crippen molar-refractivity contribution >= 4 is 23.4 Å². The molecule has 1 aromatic heterocycles. The van der Waals surface area contributed by atoms with Gasteiger partial charge in [-0.1, -0.05) is 101 Å². The molecule has 12 heteroatoms. The van der Waals surface area contributed by atoms with E-state index in [2.05, 4.69) is 21.0 Å². The van der Waals surface area contributed by atoms with E-state index in [9.17, 15) is 27.6 Å². The SMILES string of the molecule is CC(C)n1nccc1C(=O)N[C@H](C(=O)Nc1ccc([C@H](C)C(=O)NC(c2ccccc2)C(F)(F)F)cc1F)C(C1CCCCC1)C1CCCCC1. The van der Waals surface area contributed by atoms with Gasteiger partial charge in [0.2, 0.25) is 11.8 Å². The second kappa shape index (κ2) is 16.9. The first-order valence-corrected chi connectivity index (χ1v) is 18.2. The van der Waals surface area contributed by atoms with Crippen LogP contribution in [0.5, 0.6) is 0 Å². The van der Waals surface area contributed by atoms with Crippen molar-refractivity contribution in [3.05, 3.63) is 83.4 Å². The maximum atomic E-state index is 15.7. The highest BCUT2D eigenvalue weighted by Gasteiger charge is 2.43. The molecule has 3 amide bonds. The summed E-state index contributed by atoms with van der Waals surface area (Å²) >= 11 is 0. The van der Waals surface area contributed by atoms with Gasteiger partial charge in [0.25, 0.3) is 5.91 Å². The molecule has 3 aromatic rings. The van der Waals surface area contributed by atoms with Crippen molar-refractivity contribution in [3.8, 4) is 0 Å². The lowest BCUT2D eigenvalue weighted by Gasteiger charge is -2.42. The first-order valence-electron chi connectivity index (χ1n) is 18.2. The van der Waals surface area contributed by atoms with E-state index < -0.39 is 47.7 Å². The number of nitrogens with zero attached hydrogens (tertiary/aromatic N) is 2. The summed E-state index contributed by atoms with van der Waals surface area (Å²) in [7, 11) is 0. The van der Waals surface area contributed by atoms with E-state index in [0.29, 0.717) is 5.69 Å². The second-order valence-electron chi connectivity index (χ2n) is 14.4. The van der Waals surface area contributed by atoms with Crippen LogP contribution in [0.4, 0.5) is 23.2 Å². The van der Waals surface area contributed by atoms with Crippen molar-refractivity contribution in [2.45, 2.75) is 115 Å². The van der Waals surface area contributed by atoms with E-state index in [1.807, 2.05) is 13.8 Å². The maximum Gasteiger partial charge on any atom is 0.412 e. The molecule has 3 atom stereocenters. The molecule has 0 spiro atoms. The third-order valence-corrected chi connectivity index (χ3v) is 10.6. The lowest BCUT2D eigenvalue weighted by atomic mass is 9.66. The van der Waals surface area contributed by atoms with Gasteiger partial charge in [0.05, 0.1) is 11.6 Å². The number of anilines is 1. The zero-order valence-electron chi connectivity index (χ0n) is 29.5. The van der Waals surface area contributed by atoms with Gasteiger partial charge < -0.3 is 16.0 Å². The number of benzene rings is 2. The largest absolute Gasteiger partial charge is 0.412 e. The number of carbonyl (C=O) groups is 3. The van der Waals surface area contributed by atoms with Gasteiger partial charge in [0, 0.05) is 12.2 Å². The number of carbonyl (C=O) groups excluding carboxylic acids is 3. The van der Waals surface area contributed by atoms with Gasteiger partial charge in [-0.15, -0.1) is 0 Å². The molecule has 0 bridgehead atoms. The van der Waals surface area contributed by atoms with E-state index in [4.69, 9.17) is 0 Å². The van der Waals surface area contributed by atoms with Gasteiger partial charge in [-0.3, -0.25) is 19.1 Å². The van der Waals surface area contributed by atoms with Crippen LogP contribution in [-0.4, -0.2) is 39.7 Å². The van der Waals surface area contributed by atoms with E-state index in [1.54, 1.807) is 23.0 Å². The highest BCUT2D eigenvalue weighted by molar-refractivity contribution is 6.01. The van der Waals surface area contributed by atoms with Gasteiger partial charge >= 0.3 is 6.18 Å². The fourth-order valence-corrected chi connectivity index (χ4v) is 7.96. The van der Waals surface area contributed by atoms with Gasteiger partial charge in [-0.25, -0.2) is 4.39 Å². The highest BCUT2D eigenvalue weighted by atomic mass is 19.4. The Bertz CT molecular complexity index is 1610. The van der Waals surface area contributed by atoms with Crippen molar-refractivity contribution in [2.75, 3.05) is 5.32 Å². The molecule has 2 aliphatic rings. The quantitative estimate of drug-likeness (QED) is 0.164. The topological polar surface area (TPSA) is 105 Å². The molecule has 51 heavy (non-hydrogen) atoms. The molecule has 2 saturated carbocycles. The Balaban J connectivity index is 1.39. The predicted octanol–water partition coefficient (Wildman–Crippen LogP) is 8.64. The smallest absolute Gasteiger partial charge is 0.340 e. The minimum absolute atomic E-state index is 0.0877. The fourth-order valence-electron chi connectivity index (χ4n) is 7.96. The Hall–Kier alpha value is -4.22. The van der Waals surface area contributed by atoms with Crippen LogP contribution in [0.25, 0.3) is 0 Å². The Labute approximate surface area is 297 Å². The number of hydrogen-bond donors (Lipinski definition) is 3. The molecule has 1 unspecified atom stereocenters. The lowest BCUT2D eigenvalue weighted by Crippen LogP contribution is -2.53. The molecule has 0 radical (unpaired) electrons. The molecule has 0 saturated heterocycles. The molecule has 276 valence electrons. The third kappa shape index (κ3) is 9.37. The Morgan fingerprint density at radius 2 is 1.39 bits per heavy atom. The number of nitrogens with one attached hydrogen (secondary N) is 3. The standard InChI is InChI=1S/C39H49F4N5O3/c1-24(2)48-32(21-22-44-48)37(50)46-34(33(26-13-7-4-8-14-26)27-15-9-5-10-16-27)38(51)45-31-20-19-29(23-30(31)40)25(3)36(49)47-35(39(41,42)43)28-17-11-6-12-18-28/h6,11-12,17-27,33-35H,4-5,7-10,13-16H2,1-3H3,(H,45,51)(H,46,50)(H,47,49)/t25-,34-,35?/m0/s1. The van der Waals surface area contributed by atoms with Crippen LogP contribution in [0.2, 0.25) is 0 Å². The lowest BCUT2D eigenvalue weighted by molar-refractivity contribution is -0.163. The average molecular weight is 712 g/mol. The van der Waals surface area contributed by atoms with E-state index >= 15 is 4.39 Å². The predicted molar refractivity (Wildman–Crippen MR) is 187 cm³/mol. The number of alkyl halides is 3.